The average molecular weight is 336 g/mol. The van der Waals surface area contributed by atoms with Crippen molar-refractivity contribution in [3.8, 4) is 17.1 Å². The van der Waals surface area contributed by atoms with Gasteiger partial charge in [0.25, 0.3) is 0 Å². The summed E-state index contributed by atoms with van der Waals surface area (Å²) in [6.45, 7) is 0. The number of tetrazole rings is 1. The van der Waals surface area contributed by atoms with Crippen molar-refractivity contribution in [1.29, 1.82) is 0 Å². The second kappa shape index (κ2) is 5.11. The van der Waals surface area contributed by atoms with Gasteiger partial charge < -0.3 is 0 Å². The Hall–Kier alpha value is -1.72. The molecule has 0 fully saturated rings. The van der Waals surface area contributed by atoms with E-state index in [0.29, 0.717) is 10.8 Å². The van der Waals surface area contributed by atoms with Gasteiger partial charge in [-0.1, -0.05) is 27.5 Å². The van der Waals surface area contributed by atoms with Gasteiger partial charge in [-0.2, -0.15) is 0 Å². The molecule has 0 aliphatic carbocycles. The second-order valence-corrected chi connectivity index (χ2v) is 5.24. The molecule has 0 spiro atoms. The van der Waals surface area contributed by atoms with Crippen molar-refractivity contribution in [2.24, 2.45) is 0 Å². The molecule has 3 rings (SSSR count). The van der Waals surface area contributed by atoms with Crippen LogP contribution < -0.4 is 0 Å². The largest absolute Gasteiger partial charge is 0.205 e. The quantitative estimate of drug-likeness (QED) is 0.716. The standard InChI is InChI=1S/C13H8BrClN4/c14-10-3-1-9(2-4-10)13-16-18-19(17-13)12-7-5-11(15)6-8-12/h1-8H. The van der Waals surface area contributed by atoms with Crippen molar-refractivity contribution < 1.29 is 0 Å². The third kappa shape index (κ3) is 2.67. The summed E-state index contributed by atoms with van der Waals surface area (Å²) in [5, 5.41) is 13.1. The number of halogens is 2. The van der Waals surface area contributed by atoms with Gasteiger partial charge >= 0.3 is 0 Å². The van der Waals surface area contributed by atoms with Gasteiger partial charge in [-0.3, -0.25) is 0 Å². The Morgan fingerprint density at radius 3 is 2.32 bits per heavy atom. The van der Waals surface area contributed by atoms with E-state index in [1.165, 1.54) is 4.80 Å². The number of hydrogen-bond acceptors (Lipinski definition) is 3. The summed E-state index contributed by atoms with van der Waals surface area (Å²) in [5.41, 5.74) is 1.74. The molecule has 94 valence electrons. The van der Waals surface area contributed by atoms with Crippen molar-refractivity contribution >= 4 is 27.5 Å². The molecule has 0 amide bonds. The van der Waals surface area contributed by atoms with Crippen molar-refractivity contribution in [3.05, 3.63) is 58.0 Å². The van der Waals surface area contributed by atoms with Gasteiger partial charge in [0.15, 0.2) is 0 Å². The van der Waals surface area contributed by atoms with Crippen LogP contribution in [0.1, 0.15) is 0 Å². The van der Waals surface area contributed by atoms with E-state index in [9.17, 15) is 0 Å². The molecule has 0 bridgehead atoms. The molecular formula is C13H8BrClN4. The lowest BCUT2D eigenvalue weighted by Gasteiger charge is -1.97. The van der Waals surface area contributed by atoms with Crippen LogP contribution in [0.25, 0.3) is 17.1 Å². The van der Waals surface area contributed by atoms with Crippen LogP contribution in [-0.4, -0.2) is 20.2 Å². The number of rotatable bonds is 2. The zero-order valence-corrected chi connectivity index (χ0v) is 12.0. The Morgan fingerprint density at radius 1 is 0.947 bits per heavy atom. The SMILES string of the molecule is Clc1ccc(-n2nnc(-c3ccc(Br)cc3)n2)cc1. The first-order chi connectivity index (χ1) is 9.22. The topological polar surface area (TPSA) is 43.6 Å². The van der Waals surface area contributed by atoms with Gasteiger partial charge in [-0.25, -0.2) is 0 Å². The molecule has 0 radical (unpaired) electrons. The Balaban J connectivity index is 1.95. The molecule has 19 heavy (non-hydrogen) atoms. The van der Waals surface area contributed by atoms with Gasteiger partial charge in [0, 0.05) is 15.1 Å². The average Bonchev–Trinajstić information content (AvgIpc) is 2.90. The molecule has 0 saturated heterocycles. The van der Waals surface area contributed by atoms with E-state index in [0.717, 1.165) is 15.7 Å². The van der Waals surface area contributed by atoms with Crippen LogP contribution in [0.3, 0.4) is 0 Å². The summed E-state index contributed by atoms with van der Waals surface area (Å²) < 4.78 is 1.02. The maximum Gasteiger partial charge on any atom is 0.205 e. The van der Waals surface area contributed by atoms with Crippen LogP contribution in [-0.2, 0) is 0 Å². The van der Waals surface area contributed by atoms with E-state index in [4.69, 9.17) is 11.6 Å². The monoisotopic (exact) mass is 334 g/mol. The highest BCUT2D eigenvalue weighted by atomic mass is 79.9. The Labute approximate surface area is 123 Å². The summed E-state index contributed by atoms with van der Waals surface area (Å²) in [4.78, 5) is 1.48. The first kappa shape index (κ1) is 12.3. The van der Waals surface area contributed by atoms with Crippen LogP contribution in [0.5, 0.6) is 0 Å². The highest BCUT2D eigenvalue weighted by molar-refractivity contribution is 9.10. The van der Waals surface area contributed by atoms with E-state index in [1.54, 1.807) is 12.1 Å². The molecular weight excluding hydrogens is 328 g/mol. The van der Waals surface area contributed by atoms with Crippen LogP contribution in [0.4, 0.5) is 0 Å². The van der Waals surface area contributed by atoms with Gasteiger partial charge in [0.2, 0.25) is 5.82 Å². The smallest absolute Gasteiger partial charge is 0.130 e. The van der Waals surface area contributed by atoms with Crippen LogP contribution in [0.15, 0.2) is 53.0 Å². The number of hydrogen-bond donors (Lipinski definition) is 0. The van der Waals surface area contributed by atoms with Crippen LogP contribution in [0.2, 0.25) is 5.02 Å². The number of aromatic nitrogens is 4. The van der Waals surface area contributed by atoms with Crippen LogP contribution in [0, 0.1) is 0 Å². The van der Waals surface area contributed by atoms with Crippen molar-refractivity contribution in [1.82, 2.24) is 20.2 Å². The molecule has 0 atom stereocenters. The lowest BCUT2D eigenvalue weighted by atomic mass is 10.2. The summed E-state index contributed by atoms with van der Waals surface area (Å²) >= 11 is 9.24. The molecule has 6 heteroatoms. The van der Waals surface area contributed by atoms with Gasteiger partial charge in [-0.15, -0.1) is 15.0 Å². The fourth-order valence-corrected chi connectivity index (χ4v) is 2.00. The fraction of sp³-hybridized carbons (Fsp3) is 0. The number of nitrogens with zero attached hydrogens (tertiary/aromatic N) is 4. The van der Waals surface area contributed by atoms with E-state index in [-0.39, 0.29) is 0 Å². The second-order valence-electron chi connectivity index (χ2n) is 3.89. The normalized spacial score (nSPS) is 10.6. The fourth-order valence-electron chi connectivity index (χ4n) is 1.61. The first-order valence-electron chi connectivity index (χ1n) is 5.54. The zero-order chi connectivity index (χ0) is 13.2. The third-order valence-corrected chi connectivity index (χ3v) is 3.35. The molecule has 1 heterocycles. The zero-order valence-electron chi connectivity index (χ0n) is 9.66. The molecule has 1 aromatic heterocycles. The minimum atomic E-state index is 0.586. The maximum atomic E-state index is 5.84. The molecule has 2 aromatic carbocycles. The lowest BCUT2D eigenvalue weighted by molar-refractivity contribution is 0.720. The Morgan fingerprint density at radius 2 is 1.63 bits per heavy atom. The summed E-state index contributed by atoms with van der Waals surface area (Å²) in [6.07, 6.45) is 0. The van der Waals surface area contributed by atoms with E-state index in [2.05, 4.69) is 31.3 Å². The first-order valence-corrected chi connectivity index (χ1v) is 6.71. The molecule has 0 saturated carbocycles. The third-order valence-electron chi connectivity index (χ3n) is 2.57. The van der Waals surface area contributed by atoms with E-state index in [1.807, 2.05) is 36.4 Å². The van der Waals surface area contributed by atoms with E-state index >= 15 is 0 Å². The Bertz CT molecular complexity index is 631. The molecule has 0 aliphatic heterocycles. The predicted molar refractivity (Wildman–Crippen MR) is 77.3 cm³/mol. The summed E-state index contributed by atoms with van der Waals surface area (Å²) in [7, 11) is 0. The minimum absolute atomic E-state index is 0.586. The molecule has 0 aliphatic rings. The van der Waals surface area contributed by atoms with Crippen molar-refractivity contribution in [2.45, 2.75) is 0 Å². The van der Waals surface area contributed by atoms with Gasteiger partial charge in [0.1, 0.15) is 0 Å². The molecule has 3 aromatic rings. The highest BCUT2D eigenvalue weighted by Gasteiger charge is 2.06. The molecule has 0 N–H and O–H groups in total. The van der Waals surface area contributed by atoms with Crippen molar-refractivity contribution in [3.63, 3.8) is 0 Å². The van der Waals surface area contributed by atoms with Gasteiger partial charge in [-0.05, 0) is 53.7 Å². The molecule has 4 nitrogen and oxygen atoms in total. The lowest BCUT2D eigenvalue weighted by Crippen LogP contribution is -1.98. The maximum absolute atomic E-state index is 5.84. The summed E-state index contributed by atoms with van der Waals surface area (Å²) in [5.74, 6) is 0.586. The van der Waals surface area contributed by atoms with Crippen LogP contribution >= 0.6 is 27.5 Å². The Kier molecular flexibility index (Phi) is 3.31. The van der Waals surface area contributed by atoms with Crippen molar-refractivity contribution in [2.75, 3.05) is 0 Å². The highest BCUT2D eigenvalue weighted by Crippen LogP contribution is 2.18. The summed E-state index contributed by atoms with van der Waals surface area (Å²) in [6, 6.07) is 15.0. The minimum Gasteiger partial charge on any atom is -0.130 e. The van der Waals surface area contributed by atoms with Gasteiger partial charge in [0.05, 0.1) is 5.69 Å². The van der Waals surface area contributed by atoms with E-state index < -0.39 is 0 Å². The number of benzene rings is 2. The predicted octanol–water partition coefficient (Wildman–Crippen LogP) is 3.75. The molecule has 0 unspecified atom stereocenters.